The van der Waals surface area contributed by atoms with Crippen LogP contribution in [0.1, 0.15) is 28.4 Å². The molecule has 0 bridgehead atoms. The second-order valence-corrected chi connectivity index (χ2v) is 9.03. The lowest BCUT2D eigenvalue weighted by Crippen LogP contribution is -2.48. The number of amides is 1. The fraction of sp³-hybridized carbons (Fsp3) is 0.421. The highest BCUT2D eigenvalue weighted by Gasteiger charge is 2.24. The number of anilines is 1. The van der Waals surface area contributed by atoms with E-state index in [0.717, 1.165) is 52.2 Å². The number of hydrogen-bond donors (Lipinski definition) is 1. The maximum atomic E-state index is 12.5. The largest absolute Gasteiger partial charge is 0.351 e. The van der Waals surface area contributed by atoms with E-state index in [4.69, 9.17) is 4.98 Å². The average Bonchev–Trinajstić information content (AvgIpc) is 3.18. The molecule has 136 valence electrons. The third-order valence-corrected chi connectivity index (χ3v) is 6.83. The number of aromatic nitrogens is 2. The number of fused-ring (bicyclic) bond motifs is 1. The summed E-state index contributed by atoms with van der Waals surface area (Å²) in [6, 6.07) is 8.41. The van der Waals surface area contributed by atoms with Crippen molar-refractivity contribution < 1.29 is 4.79 Å². The highest BCUT2D eigenvalue weighted by Crippen LogP contribution is 2.30. The normalized spacial score (nSPS) is 17.6. The number of aryl methyl sites for hydroxylation is 2. The molecule has 1 aromatic carbocycles. The van der Waals surface area contributed by atoms with Gasteiger partial charge in [0.2, 0.25) is 5.91 Å². The number of rotatable bonds is 4. The molecule has 0 spiro atoms. The lowest BCUT2D eigenvalue weighted by molar-refractivity contribution is -0.121. The first kappa shape index (κ1) is 17.4. The quantitative estimate of drug-likeness (QED) is 0.743. The van der Waals surface area contributed by atoms with E-state index in [9.17, 15) is 4.79 Å². The van der Waals surface area contributed by atoms with Gasteiger partial charge >= 0.3 is 0 Å². The Hall–Kier alpha value is -1.99. The molecule has 1 aliphatic heterocycles. The number of nitrogens with zero attached hydrogens (tertiary/aromatic N) is 3. The minimum Gasteiger partial charge on any atom is -0.351 e. The number of carbonyl (C=O) groups excluding carboxylic acids is 1. The molecule has 0 aliphatic carbocycles. The maximum absolute atomic E-state index is 12.5. The van der Waals surface area contributed by atoms with Crippen LogP contribution in [0.15, 0.2) is 24.3 Å². The van der Waals surface area contributed by atoms with E-state index in [2.05, 4.69) is 27.3 Å². The minimum atomic E-state index is 0.0906. The molecule has 3 heterocycles. The minimum absolute atomic E-state index is 0.0906. The van der Waals surface area contributed by atoms with Gasteiger partial charge in [-0.3, -0.25) is 4.79 Å². The smallest absolute Gasteiger partial charge is 0.225 e. The van der Waals surface area contributed by atoms with Gasteiger partial charge in [-0.15, -0.1) is 11.3 Å². The fourth-order valence-corrected chi connectivity index (χ4v) is 5.36. The van der Waals surface area contributed by atoms with Gasteiger partial charge in [0.1, 0.15) is 0 Å². The maximum Gasteiger partial charge on any atom is 0.225 e. The number of para-hydroxylation sites is 1. The second-order valence-electron chi connectivity index (χ2n) is 6.74. The topological polar surface area (TPSA) is 58.1 Å². The van der Waals surface area contributed by atoms with Crippen LogP contribution in [0.25, 0.3) is 10.2 Å². The van der Waals surface area contributed by atoms with Crippen molar-refractivity contribution in [3.05, 3.63) is 39.8 Å². The SMILES string of the molecule is Cc1nc(C)c(CC(=O)NC2CCCN(c3nc4ccccc4s3)C2)s1. The number of thiazole rings is 2. The molecule has 1 aliphatic rings. The van der Waals surface area contributed by atoms with E-state index in [0.29, 0.717) is 6.42 Å². The van der Waals surface area contributed by atoms with Gasteiger partial charge < -0.3 is 10.2 Å². The van der Waals surface area contributed by atoms with Crippen molar-refractivity contribution in [2.24, 2.45) is 0 Å². The van der Waals surface area contributed by atoms with Gasteiger partial charge in [-0.1, -0.05) is 23.5 Å². The zero-order valence-electron chi connectivity index (χ0n) is 15.0. The van der Waals surface area contributed by atoms with Crippen molar-refractivity contribution in [2.75, 3.05) is 18.0 Å². The summed E-state index contributed by atoms with van der Waals surface area (Å²) in [6.07, 6.45) is 2.52. The first-order valence-corrected chi connectivity index (χ1v) is 10.5. The molecule has 2 aromatic heterocycles. The summed E-state index contributed by atoms with van der Waals surface area (Å²) in [5, 5.41) is 5.29. The summed E-state index contributed by atoms with van der Waals surface area (Å²) < 4.78 is 1.21. The summed E-state index contributed by atoms with van der Waals surface area (Å²) in [4.78, 5) is 25.0. The third kappa shape index (κ3) is 3.73. The molecule has 5 nitrogen and oxygen atoms in total. The van der Waals surface area contributed by atoms with Gasteiger partial charge in [-0.25, -0.2) is 9.97 Å². The molecule has 0 saturated carbocycles. The third-order valence-electron chi connectivity index (χ3n) is 4.66. The number of carbonyl (C=O) groups is 1. The van der Waals surface area contributed by atoms with Crippen LogP contribution in [0.2, 0.25) is 0 Å². The van der Waals surface area contributed by atoms with Crippen LogP contribution in [0.4, 0.5) is 5.13 Å². The molecule has 26 heavy (non-hydrogen) atoms. The first-order chi connectivity index (χ1) is 12.6. The van der Waals surface area contributed by atoms with E-state index in [-0.39, 0.29) is 11.9 Å². The molecule has 3 aromatic rings. The number of piperidine rings is 1. The standard InChI is InChI=1S/C19H22N4OS2/c1-12-17(25-13(2)20-12)10-18(24)21-14-6-5-9-23(11-14)19-22-15-7-3-4-8-16(15)26-19/h3-4,7-8,14H,5-6,9-11H2,1-2H3,(H,21,24). The highest BCUT2D eigenvalue weighted by molar-refractivity contribution is 7.22. The van der Waals surface area contributed by atoms with E-state index in [1.165, 1.54) is 4.70 Å². The van der Waals surface area contributed by atoms with E-state index in [1.807, 2.05) is 26.0 Å². The highest BCUT2D eigenvalue weighted by atomic mass is 32.1. The van der Waals surface area contributed by atoms with Crippen molar-refractivity contribution in [2.45, 2.75) is 39.2 Å². The molecule has 1 atom stereocenters. The Morgan fingerprint density at radius 1 is 1.27 bits per heavy atom. The predicted molar refractivity (Wildman–Crippen MR) is 108 cm³/mol. The van der Waals surface area contributed by atoms with Crippen molar-refractivity contribution in [1.82, 2.24) is 15.3 Å². The molecule has 7 heteroatoms. The molecule has 1 fully saturated rings. The van der Waals surface area contributed by atoms with E-state index >= 15 is 0 Å². The summed E-state index contributed by atoms with van der Waals surface area (Å²) in [5.74, 6) is 0.0906. The van der Waals surface area contributed by atoms with Crippen LogP contribution in [-0.4, -0.2) is 35.0 Å². The van der Waals surface area contributed by atoms with Gasteiger partial charge in [-0.2, -0.15) is 0 Å². The lowest BCUT2D eigenvalue weighted by atomic mass is 10.1. The molecule has 0 radical (unpaired) electrons. The zero-order valence-corrected chi connectivity index (χ0v) is 16.6. The lowest BCUT2D eigenvalue weighted by Gasteiger charge is -2.32. The second kappa shape index (κ2) is 7.32. The Morgan fingerprint density at radius 2 is 2.12 bits per heavy atom. The van der Waals surface area contributed by atoms with Gasteiger partial charge in [0.15, 0.2) is 5.13 Å². The van der Waals surface area contributed by atoms with Crippen LogP contribution < -0.4 is 10.2 Å². The monoisotopic (exact) mass is 386 g/mol. The summed E-state index contributed by atoms with van der Waals surface area (Å²) in [5.41, 5.74) is 2.03. The summed E-state index contributed by atoms with van der Waals surface area (Å²) in [7, 11) is 0. The Bertz CT molecular complexity index is 900. The van der Waals surface area contributed by atoms with Crippen LogP contribution in [0, 0.1) is 13.8 Å². The molecule has 1 N–H and O–H groups in total. The Balaban J connectivity index is 1.40. The van der Waals surface area contributed by atoms with Gasteiger partial charge in [0, 0.05) is 24.0 Å². The number of nitrogens with one attached hydrogen (secondary N) is 1. The van der Waals surface area contributed by atoms with Crippen molar-refractivity contribution in [3.8, 4) is 0 Å². The molecular formula is C19H22N4OS2. The molecular weight excluding hydrogens is 364 g/mol. The average molecular weight is 387 g/mol. The van der Waals surface area contributed by atoms with Crippen molar-refractivity contribution in [1.29, 1.82) is 0 Å². The van der Waals surface area contributed by atoms with E-state index in [1.54, 1.807) is 22.7 Å². The Morgan fingerprint density at radius 3 is 2.88 bits per heavy atom. The fourth-order valence-electron chi connectivity index (χ4n) is 3.43. The van der Waals surface area contributed by atoms with Crippen LogP contribution in [-0.2, 0) is 11.2 Å². The Kier molecular flexibility index (Phi) is 4.91. The Labute approximate surface area is 161 Å². The molecule has 1 saturated heterocycles. The van der Waals surface area contributed by atoms with Gasteiger partial charge in [0.05, 0.1) is 27.3 Å². The first-order valence-electron chi connectivity index (χ1n) is 8.91. The molecule has 1 amide bonds. The van der Waals surface area contributed by atoms with Gasteiger partial charge in [-0.05, 0) is 38.8 Å². The number of benzene rings is 1. The van der Waals surface area contributed by atoms with Crippen LogP contribution in [0.5, 0.6) is 0 Å². The predicted octanol–water partition coefficient (Wildman–Crippen LogP) is 3.70. The van der Waals surface area contributed by atoms with Crippen LogP contribution >= 0.6 is 22.7 Å². The zero-order chi connectivity index (χ0) is 18.1. The molecule has 1 unspecified atom stereocenters. The molecule has 4 rings (SSSR count). The van der Waals surface area contributed by atoms with Gasteiger partial charge in [0.25, 0.3) is 0 Å². The van der Waals surface area contributed by atoms with Crippen molar-refractivity contribution >= 4 is 43.9 Å². The summed E-state index contributed by atoms with van der Waals surface area (Å²) >= 11 is 3.34. The van der Waals surface area contributed by atoms with Crippen LogP contribution in [0.3, 0.4) is 0 Å². The van der Waals surface area contributed by atoms with E-state index < -0.39 is 0 Å². The summed E-state index contributed by atoms with van der Waals surface area (Å²) in [6.45, 7) is 5.78. The van der Waals surface area contributed by atoms with Crippen molar-refractivity contribution in [3.63, 3.8) is 0 Å². The number of hydrogen-bond acceptors (Lipinski definition) is 6.